The molecule has 0 aliphatic rings. The van der Waals surface area contributed by atoms with Gasteiger partial charge in [0.05, 0.1) is 10.1 Å². The summed E-state index contributed by atoms with van der Waals surface area (Å²) < 4.78 is 0. The molecule has 0 atom stereocenters. The van der Waals surface area contributed by atoms with Gasteiger partial charge in [0, 0.05) is 29.9 Å². The van der Waals surface area contributed by atoms with E-state index in [0.717, 1.165) is 16.4 Å². The van der Waals surface area contributed by atoms with Crippen LogP contribution < -0.4 is 0 Å². The summed E-state index contributed by atoms with van der Waals surface area (Å²) in [4.78, 5) is 8.26. The van der Waals surface area contributed by atoms with Gasteiger partial charge in [-0.25, -0.2) is 0 Å². The molecule has 0 amide bonds. The maximum Gasteiger partial charge on any atom is 0.110 e. The molecule has 18 heavy (non-hydrogen) atoms. The van der Waals surface area contributed by atoms with E-state index >= 15 is 0 Å². The third-order valence-corrected chi connectivity index (χ3v) is 3.31. The Morgan fingerprint density at radius 2 is 2.33 bits per heavy atom. The van der Waals surface area contributed by atoms with Gasteiger partial charge in [-0.1, -0.05) is 18.2 Å². The number of allylic oxidation sites excluding steroid dienone is 2. The molecule has 0 radical (unpaired) electrons. The lowest BCUT2D eigenvalue weighted by Crippen LogP contribution is -1.89. The van der Waals surface area contributed by atoms with Gasteiger partial charge in [-0.15, -0.1) is 11.8 Å². The van der Waals surface area contributed by atoms with Crippen molar-refractivity contribution in [3.63, 3.8) is 0 Å². The highest BCUT2D eigenvalue weighted by molar-refractivity contribution is 8.13. The number of aliphatic hydroxyl groups is 1. The van der Waals surface area contributed by atoms with Crippen molar-refractivity contribution in [1.29, 1.82) is 0 Å². The first-order valence-electron chi connectivity index (χ1n) is 5.31. The van der Waals surface area contributed by atoms with Crippen LogP contribution in [0.1, 0.15) is 19.4 Å². The van der Waals surface area contributed by atoms with Crippen molar-refractivity contribution in [1.82, 2.24) is 4.98 Å². The Balaban J connectivity index is 2.61. The van der Waals surface area contributed by atoms with Crippen molar-refractivity contribution in [3.05, 3.63) is 53.2 Å². The fourth-order valence-corrected chi connectivity index (χ4v) is 2.35. The molecule has 0 bridgehead atoms. The molecule has 1 aromatic rings. The Labute approximate surface area is 116 Å². The Morgan fingerprint density at radius 1 is 1.61 bits per heavy atom. The van der Waals surface area contributed by atoms with E-state index < -0.39 is 0 Å². The molecule has 96 valence electrons. The highest BCUT2D eigenvalue weighted by Crippen LogP contribution is 2.21. The summed E-state index contributed by atoms with van der Waals surface area (Å²) in [5, 5.41) is 10.6. The van der Waals surface area contributed by atoms with Gasteiger partial charge in [-0.05, 0) is 25.5 Å². The molecule has 0 saturated heterocycles. The third-order valence-electron chi connectivity index (χ3n) is 2.00. The van der Waals surface area contributed by atoms with Gasteiger partial charge >= 0.3 is 0 Å². The Morgan fingerprint density at radius 3 is 2.94 bits per heavy atom. The molecular weight excluding hydrogens is 268 g/mol. The number of aliphatic hydroxyl groups excluding tert-OH is 1. The van der Waals surface area contributed by atoms with Crippen LogP contribution >= 0.6 is 23.4 Å². The van der Waals surface area contributed by atoms with E-state index in [-0.39, 0.29) is 5.76 Å². The zero-order chi connectivity index (χ0) is 13.5. The standard InChI is InChI=1S/C13H15ClN2OS/c1-9(6-10(2)17)16-11(3)18-8-12-4-5-15-7-13(12)14/h4-7,17H,2,8H2,1,3H3/b9-6-,16-11?. The number of aromatic nitrogens is 1. The van der Waals surface area contributed by atoms with Gasteiger partial charge in [-0.2, -0.15) is 0 Å². The molecule has 1 aromatic heterocycles. The number of nitrogens with zero attached hydrogens (tertiary/aromatic N) is 2. The fraction of sp³-hybridized carbons (Fsp3) is 0.231. The summed E-state index contributed by atoms with van der Waals surface area (Å²) >= 11 is 7.60. The van der Waals surface area contributed by atoms with Crippen LogP contribution in [-0.4, -0.2) is 15.1 Å². The molecular formula is C13H15ClN2OS. The number of aliphatic imine (C=N–C) groups is 1. The van der Waals surface area contributed by atoms with Crippen molar-refractivity contribution in [2.24, 2.45) is 4.99 Å². The van der Waals surface area contributed by atoms with E-state index in [4.69, 9.17) is 16.7 Å². The van der Waals surface area contributed by atoms with Gasteiger partial charge in [0.25, 0.3) is 0 Å². The minimum absolute atomic E-state index is 0.00577. The number of halogens is 1. The quantitative estimate of drug-likeness (QED) is 0.386. The number of rotatable bonds is 4. The second kappa shape index (κ2) is 7.24. The summed E-state index contributed by atoms with van der Waals surface area (Å²) in [6.07, 6.45) is 4.86. The SMILES string of the molecule is C=C(O)/C=C(/C)N=C(C)SCc1ccncc1Cl. The molecule has 5 heteroatoms. The van der Waals surface area contributed by atoms with Gasteiger partial charge in [0.15, 0.2) is 0 Å². The van der Waals surface area contributed by atoms with Crippen molar-refractivity contribution in [2.45, 2.75) is 19.6 Å². The highest BCUT2D eigenvalue weighted by atomic mass is 35.5. The molecule has 3 nitrogen and oxygen atoms in total. The minimum atomic E-state index is 0.00577. The topological polar surface area (TPSA) is 45.5 Å². The maximum absolute atomic E-state index is 9.01. The number of hydrogen-bond donors (Lipinski definition) is 1. The van der Waals surface area contributed by atoms with E-state index in [1.165, 1.54) is 6.08 Å². The van der Waals surface area contributed by atoms with Crippen LogP contribution in [0, 0.1) is 0 Å². The second-order valence-corrected chi connectivity index (χ2v) is 5.24. The number of pyridine rings is 1. The summed E-state index contributed by atoms with van der Waals surface area (Å²) in [6.45, 7) is 7.11. The van der Waals surface area contributed by atoms with Gasteiger partial charge in [0.1, 0.15) is 5.76 Å². The average molecular weight is 283 g/mol. The van der Waals surface area contributed by atoms with Crippen molar-refractivity contribution in [2.75, 3.05) is 0 Å². The predicted molar refractivity (Wildman–Crippen MR) is 79.2 cm³/mol. The predicted octanol–water partition coefficient (Wildman–Crippen LogP) is 4.36. The third kappa shape index (κ3) is 5.38. The van der Waals surface area contributed by atoms with Crippen molar-refractivity contribution in [3.8, 4) is 0 Å². The van der Waals surface area contributed by atoms with Gasteiger partial charge < -0.3 is 5.11 Å². The lowest BCUT2D eigenvalue weighted by molar-refractivity contribution is 0.434. The molecule has 1 rings (SSSR count). The molecule has 0 aromatic carbocycles. The van der Waals surface area contributed by atoms with Crippen LogP contribution in [0.4, 0.5) is 0 Å². The molecule has 0 aliphatic carbocycles. The van der Waals surface area contributed by atoms with Crippen molar-refractivity contribution >= 4 is 28.4 Å². The fourth-order valence-electron chi connectivity index (χ4n) is 1.26. The summed E-state index contributed by atoms with van der Waals surface area (Å²) in [6, 6.07) is 1.89. The van der Waals surface area contributed by atoms with E-state index in [2.05, 4.69) is 16.6 Å². The normalized spacial score (nSPS) is 12.6. The van der Waals surface area contributed by atoms with Crippen LogP contribution in [0.5, 0.6) is 0 Å². The van der Waals surface area contributed by atoms with E-state index in [1.807, 2.05) is 19.9 Å². The summed E-state index contributed by atoms with van der Waals surface area (Å²) in [7, 11) is 0. The smallest absolute Gasteiger partial charge is 0.110 e. The van der Waals surface area contributed by atoms with Crippen LogP contribution in [0.3, 0.4) is 0 Å². The van der Waals surface area contributed by atoms with E-state index in [9.17, 15) is 0 Å². The molecule has 0 aliphatic heterocycles. The first-order valence-corrected chi connectivity index (χ1v) is 6.68. The van der Waals surface area contributed by atoms with Crippen molar-refractivity contribution < 1.29 is 5.11 Å². The molecule has 0 fully saturated rings. The average Bonchev–Trinajstić information content (AvgIpc) is 2.26. The van der Waals surface area contributed by atoms with Gasteiger partial charge in [-0.3, -0.25) is 9.98 Å². The molecule has 0 unspecified atom stereocenters. The Hall–Kier alpha value is -1.26. The first kappa shape index (κ1) is 14.8. The number of hydrogen-bond acceptors (Lipinski definition) is 4. The Bertz CT molecular complexity index is 498. The summed E-state index contributed by atoms with van der Waals surface area (Å²) in [5.41, 5.74) is 1.74. The van der Waals surface area contributed by atoms with Crippen LogP contribution in [-0.2, 0) is 5.75 Å². The zero-order valence-corrected chi connectivity index (χ0v) is 11.9. The monoisotopic (exact) mass is 282 g/mol. The molecule has 1 heterocycles. The first-order chi connectivity index (χ1) is 8.49. The lowest BCUT2D eigenvalue weighted by atomic mass is 10.3. The van der Waals surface area contributed by atoms with E-state index in [1.54, 1.807) is 24.2 Å². The van der Waals surface area contributed by atoms with Crippen LogP contribution in [0.15, 0.2) is 47.6 Å². The molecule has 0 spiro atoms. The van der Waals surface area contributed by atoms with E-state index in [0.29, 0.717) is 10.7 Å². The zero-order valence-electron chi connectivity index (χ0n) is 10.4. The lowest BCUT2D eigenvalue weighted by Gasteiger charge is -2.03. The largest absolute Gasteiger partial charge is 0.509 e. The van der Waals surface area contributed by atoms with Gasteiger partial charge in [0.2, 0.25) is 0 Å². The highest BCUT2D eigenvalue weighted by Gasteiger charge is 2.01. The molecule has 1 N–H and O–H groups in total. The second-order valence-electron chi connectivity index (χ2n) is 3.66. The maximum atomic E-state index is 9.01. The number of thioether (sulfide) groups is 1. The van der Waals surface area contributed by atoms with Crippen LogP contribution in [0.2, 0.25) is 5.02 Å². The minimum Gasteiger partial charge on any atom is -0.509 e. The van der Waals surface area contributed by atoms with Crippen LogP contribution in [0.25, 0.3) is 0 Å². The summed E-state index contributed by atoms with van der Waals surface area (Å²) in [5.74, 6) is 0.746. The molecule has 0 saturated carbocycles. The Kier molecular flexibility index (Phi) is 5.95.